The molecule has 0 N–H and O–H groups in total. The second-order valence-corrected chi connectivity index (χ2v) is 15.4. The van der Waals surface area contributed by atoms with Crippen molar-refractivity contribution in [2.45, 2.75) is 50.9 Å². The van der Waals surface area contributed by atoms with Gasteiger partial charge in [-0.25, -0.2) is 9.69 Å². The Hall–Kier alpha value is -3.30. The van der Waals surface area contributed by atoms with Crippen LogP contribution in [-0.2, 0) is 25.3 Å². The highest BCUT2D eigenvalue weighted by Crippen LogP contribution is 2.38. The van der Waals surface area contributed by atoms with E-state index in [1.165, 1.54) is 10.4 Å². The van der Waals surface area contributed by atoms with Crippen LogP contribution in [0.2, 0.25) is 5.04 Å². The minimum atomic E-state index is -2.78. The monoisotopic (exact) mass is 544 g/mol. The molecule has 2 aliphatic rings. The second-order valence-electron chi connectivity index (χ2n) is 11.1. The van der Waals surface area contributed by atoms with Crippen molar-refractivity contribution in [1.29, 1.82) is 0 Å². The molecular weight excluding hydrogens is 508 g/mol. The number of cyclic esters (lactones) is 1. The molecule has 204 valence electrons. The van der Waals surface area contributed by atoms with Gasteiger partial charge in [0.15, 0.2) is 6.10 Å². The van der Waals surface area contributed by atoms with E-state index in [-0.39, 0.29) is 30.1 Å². The Morgan fingerprint density at radius 3 is 2.00 bits per heavy atom. The standard InChI is InChI=1S/C31H36N2O5Si/c1-31(2,3)39(26-15-9-5-10-16-26,27-17-11-6-12-18-27)37-23-25-21-28(29(34)32-19-20-36-30(32)35)38-33(25)22-24-13-7-4-8-14-24/h4-18,25,28H,19-23H2,1-3H3/t25-,28-/m0/s1. The number of amides is 2. The van der Waals surface area contributed by atoms with Crippen molar-refractivity contribution < 1.29 is 23.6 Å². The maximum atomic E-state index is 13.2. The van der Waals surface area contributed by atoms with Crippen LogP contribution in [0.1, 0.15) is 32.8 Å². The summed E-state index contributed by atoms with van der Waals surface area (Å²) in [7, 11) is -2.78. The number of ether oxygens (including phenoxy) is 1. The summed E-state index contributed by atoms with van der Waals surface area (Å²) in [5, 5.41) is 4.08. The summed E-state index contributed by atoms with van der Waals surface area (Å²) in [5.41, 5.74) is 1.07. The number of hydrogen-bond donors (Lipinski definition) is 0. The van der Waals surface area contributed by atoms with Gasteiger partial charge in [0.1, 0.15) is 6.61 Å². The lowest BCUT2D eigenvalue weighted by atomic mass is 10.1. The lowest BCUT2D eigenvalue weighted by Crippen LogP contribution is -2.67. The zero-order valence-corrected chi connectivity index (χ0v) is 23.8. The molecule has 0 unspecified atom stereocenters. The van der Waals surface area contributed by atoms with Crippen LogP contribution < -0.4 is 10.4 Å². The Morgan fingerprint density at radius 1 is 0.923 bits per heavy atom. The molecule has 8 heteroatoms. The Labute approximate surface area is 231 Å². The minimum Gasteiger partial charge on any atom is -0.447 e. The highest BCUT2D eigenvalue weighted by Gasteiger charge is 2.51. The fourth-order valence-corrected chi connectivity index (χ4v) is 10.2. The highest BCUT2D eigenvalue weighted by atomic mass is 28.4. The molecule has 2 saturated heterocycles. The summed E-state index contributed by atoms with van der Waals surface area (Å²) in [6, 6.07) is 30.9. The lowest BCUT2D eigenvalue weighted by molar-refractivity contribution is -0.185. The van der Waals surface area contributed by atoms with E-state index in [1.54, 1.807) is 0 Å². The number of rotatable bonds is 8. The summed E-state index contributed by atoms with van der Waals surface area (Å²) in [4.78, 5) is 32.7. The van der Waals surface area contributed by atoms with Crippen molar-refractivity contribution in [2.24, 2.45) is 0 Å². The van der Waals surface area contributed by atoms with Gasteiger partial charge < -0.3 is 9.16 Å². The summed E-state index contributed by atoms with van der Waals surface area (Å²) >= 11 is 0. The van der Waals surface area contributed by atoms with Crippen molar-refractivity contribution in [3.05, 3.63) is 96.6 Å². The summed E-state index contributed by atoms with van der Waals surface area (Å²) < 4.78 is 12.2. The van der Waals surface area contributed by atoms with Crippen LogP contribution in [0.5, 0.6) is 0 Å². The molecule has 0 radical (unpaired) electrons. The summed E-state index contributed by atoms with van der Waals surface area (Å²) in [6.45, 7) is 8.09. The van der Waals surface area contributed by atoms with Crippen molar-refractivity contribution in [3.63, 3.8) is 0 Å². The number of carbonyl (C=O) groups is 2. The molecule has 2 atom stereocenters. The third-order valence-corrected chi connectivity index (χ3v) is 12.6. The van der Waals surface area contributed by atoms with Gasteiger partial charge in [-0.3, -0.25) is 9.63 Å². The predicted octanol–water partition coefficient (Wildman–Crippen LogP) is 4.12. The third kappa shape index (κ3) is 5.56. The molecule has 0 spiro atoms. The molecule has 39 heavy (non-hydrogen) atoms. The molecule has 2 aliphatic heterocycles. The molecule has 2 heterocycles. The molecule has 0 saturated carbocycles. The molecule has 3 aromatic rings. The predicted molar refractivity (Wildman–Crippen MR) is 152 cm³/mol. The van der Waals surface area contributed by atoms with Gasteiger partial charge in [0.25, 0.3) is 14.2 Å². The Kier molecular flexibility index (Phi) is 8.00. The SMILES string of the molecule is CC(C)(C)[Si](OC[C@@H]1C[C@@H](C(=O)N2CCOC2=O)ON1Cc1ccccc1)(c1ccccc1)c1ccccc1. The molecular formula is C31H36N2O5Si. The number of imide groups is 1. The van der Waals surface area contributed by atoms with E-state index in [0.29, 0.717) is 19.6 Å². The molecule has 0 aromatic heterocycles. The number of nitrogens with zero attached hydrogens (tertiary/aromatic N) is 2. The number of carbonyl (C=O) groups excluding carboxylic acids is 2. The van der Waals surface area contributed by atoms with E-state index in [9.17, 15) is 9.59 Å². The first kappa shape index (κ1) is 27.3. The van der Waals surface area contributed by atoms with Crippen molar-refractivity contribution in [1.82, 2.24) is 9.96 Å². The van der Waals surface area contributed by atoms with E-state index in [0.717, 1.165) is 10.5 Å². The molecule has 7 nitrogen and oxygen atoms in total. The molecule has 5 rings (SSSR count). The zero-order valence-electron chi connectivity index (χ0n) is 22.8. The van der Waals surface area contributed by atoms with Gasteiger partial charge in [-0.05, 0) is 21.0 Å². The Bertz CT molecular complexity index is 1230. The Morgan fingerprint density at radius 2 is 1.49 bits per heavy atom. The van der Waals surface area contributed by atoms with Crippen LogP contribution in [0.4, 0.5) is 4.79 Å². The van der Waals surface area contributed by atoms with E-state index >= 15 is 0 Å². The van der Waals surface area contributed by atoms with Gasteiger partial charge in [0.2, 0.25) is 0 Å². The Balaban J connectivity index is 1.46. The van der Waals surface area contributed by atoms with Crippen molar-refractivity contribution in [2.75, 3.05) is 19.8 Å². The maximum Gasteiger partial charge on any atom is 0.416 e. The second kappa shape index (κ2) is 11.4. The smallest absolute Gasteiger partial charge is 0.416 e. The molecule has 3 aromatic carbocycles. The summed E-state index contributed by atoms with van der Waals surface area (Å²) in [5.74, 6) is -0.358. The van der Waals surface area contributed by atoms with E-state index in [4.69, 9.17) is 14.0 Å². The number of benzene rings is 3. The maximum absolute atomic E-state index is 13.2. The van der Waals surface area contributed by atoms with Gasteiger partial charge in [-0.2, -0.15) is 5.06 Å². The normalized spacial score (nSPS) is 20.3. The van der Waals surface area contributed by atoms with Crippen molar-refractivity contribution >= 4 is 30.7 Å². The van der Waals surface area contributed by atoms with Gasteiger partial charge in [-0.1, -0.05) is 112 Å². The number of hydroxylamine groups is 2. The van der Waals surface area contributed by atoms with Crippen LogP contribution in [0, 0.1) is 0 Å². The van der Waals surface area contributed by atoms with Gasteiger partial charge in [-0.15, -0.1) is 0 Å². The first-order valence-corrected chi connectivity index (χ1v) is 15.4. The van der Waals surface area contributed by atoms with Crippen LogP contribution in [-0.4, -0.2) is 62.2 Å². The van der Waals surface area contributed by atoms with Gasteiger partial charge >= 0.3 is 6.09 Å². The largest absolute Gasteiger partial charge is 0.447 e. The van der Waals surface area contributed by atoms with Crippen LogP contribution in [0.15, 0.2) is 91.0 Å². The van der Waals surface area contributed by atoms with Crippen LogP contribution in [0.25, 0.3) is 0 Å². The zero-order chi connectivity index (χ0) is 27.5. The van der Waals surface area contributed by atoms with Crippen LogP contribution in [0.3, 0.4) is 0 Å². The average Bonchev–Trinajstić information content (AvgIpc) is 3.55. The highest BCUT2D eigenvalue weighted by molar-refractivity contribution is 6.99. The van der Waals surface area contributed by atoms with Gasteiger partial charge in [0.05, 0.1) is 19.2 Å². The minimum absolute atomic E-state index is 0.173. The van der Waals surface area contributed by atoms with Gasteiger partial charge in [0, 0.05) is 13.0 Å². The molecule has 2 fully saturated rings. The lowest BCUT2D eigenvalue weighted by Gasteiger charge is -2.43. The first-order chi connectivity index (χ1) is 18.8. The molecule has 0 bridgehead atoms. The number of hydrogen-bond acceptors (Lipinski definition) is 6. The average molecular weight is 545 g/mol. The van der Waals surface area contributed by atoms with E-state index in [1.807, 2.05) is 47.5 Å². The van der Waals surface area contributed by atoms with Crippen molar-refractivity contribution in [3.8, 4) is 0 Å². The molecule has 0 aliphatic carbocycles. The fourth-order valence-electron chi connectivity index (χ4n) is 5.63. The summed E-state index contributed by atoms with van der Waals surface area (Å²) in [6.07, 6.45) is -0.953. The van der Waals surface area contributed by atoms with E-state index in [2.05, 4.69) is 69.3 Å². The molecule has 2 amide bonds. The van der Waals surface area contributed by atoms with E-state index < -0.39 is 20.5 Å². The quantitative estimate of drug-likeness (QED) is 0.398. The van der Waals surface area contributed by atoms with Crippen LogP contribution >= 0.6 is 0 Å². The topological polar surface area (TPSA) is 68.3 Å². The third-order valence-electron chi connectivity index (χ3n) is 7.55. The first-order valence-electron chi connectivity index (χ1n) is 13.5. The fraction of sp³-hybridized carbons (Fsp3) is 0.355.